The molecule has 1 heterocycles. The summed E-state index contributed by atoms with van der Waals surface area (Å²) in [5.41, 5.74) is 0. The van der Waals surface area contributed by atoms with E-state index in [1.807, 2.05) is 0 Å². The van der Waals surface area contributed by atoms with Gasteiger partial charge in [-0.05, 0) is 18.8 Å². The Kier molecular flexibility index (Phi) is 1.01. The number of hydrogen-bond donors (Lipinski definition) is 1. The van der Waals surface area contributed by atoms with Gasteiger partial charge in [-0.15, -0.1) is 0 Å². The second-order valence-corrected chi connectivity index (χ2v) is 3.07. The molecule has 0 aromatic carbocycles. The van der Waals surface area contributed by atoms with Crippen molar-refractivity contribution < 1.29 is 4.79 Å². The van der Waals surface area contributed by atoms with Gasteiger partial charge in [0.25, 0.3) is 0 Å². The molecule has 9 heavy (non-hydrogen) atoms. The van der Waals surface area contributed by atoms with Gasteiger partial charge in [0.1, 0.15) is 0 Å². The highest BCUT2D eigenvalue weighted by Crippen LogP contribution is 2.32. The number of carbonyl (C=O) groups is 1. The van der Waals surface area contributed by atoms with Gasteiger partial charge in [0, 0.05) is 12.5 Å². The molecule has 0 aromatic rings. The van der Waals surface area contributed by atoms with Gasteiger partial charge in [-0.1, -0.05) is 6.42 Å². The Bertz CT molecular complexity index is 130. The van der Waals surface area contributed by atoms with Gasteiger partial charge in [-0.3, -0.25) is 4.79 Å². The lowest BCUT2D eigenvalue weighted by Crippen LogP contribution is -2.25. The predicted molar refractivity (Wildman–Crippen MR) is 33.9 cm³/mol. The molecule has 2 rings (SSSR count). The number of rotatable bonds is 0. The summed E-state index contributed by atoms with van der Waals surface area (Å²) >= 11 is 0. The second-order valence-electron chi connectivity index (χ2n) is 3.07. The molecular weight excluding hydrogens is 114 g/mol. The van der Waals surface area contributed by atoms with Crippen molar-refractivity contribution >= 4 is 5.91 Å². The predicted octanol–water partition coefficient (Wildman–Crippen LogP) is 0.675. The van der Waals surface area contributed by atoms with E-state index in [-0.39, 0.29) is 5.91 Å². The van der Waals surface area contributed by atoms with Crippen LogP contribution in [0.2, 0.25) is 0 Å². The van der Waals surface area contributed by atoms with Gasteiger partial charge in [-0.25, -0.2) is 0 Å². The molecular formula is C7H11NO. The molecule has 0 aromatic heterocycles. The van der Waals surface area contributed by atoms with E-state index in [9.17, 15) is 4.79 Å². The van der Waals surface area contributed by atoms with E-state index >= 15 is 0 Å². The van der Waals surface area contributed by atoms with Crippen molar-refractivity contribution in [2.45, 2.75) is 31.7 Å². The maximum absolute atomic E-state index is 10.7. The lowest BCUT2D eigenvalue weighted by atomic mass is 10.1. The first kappa shape index (κ1) is 5.27. The number of amides is 1. The average molecular weight is 125 g/mol. The van der Waals surface area contributed by atoms with Crippen LogP contribution in [0.5, 0.6) is 0 Å². The highest BCUT2D eigenvalue weighted by Gasteiger charge is 2.35. The Morgan fingerprint density at radius 3 is 3.11 bits per heavy atom. The summed E-state index contributed by atoms with van der Waals surface area (Å²) in [6, 6.07) is 0.553. The van der Waals surface area contributed by atoms with Crippen LogP contribution in [0.25, 0.3) is 0 Å². The highest BCUT2D eigenvalue weighted by atomic mass is 16.2. The zero-order valence-corrected chi connectivity index (χ0v) is 5.39. The minimum absolute atomic E-state index is 0.268. The number of fused-ring (bicyclic) bond motifs is 1. The molecule has 2 atom stereocenters. The first-order valence-electron chi connectivity index (χ1n) is 3.65. The SMILES string of the molecule is O=C1CC2CCC[C@@H]2N1. The van der Waals surface area contributed by atoms with Crippen molar-refractivity contribution in [3.8, 4) is 0 Å². The van der Waals surface area contributed by atoms with Gasteiger partial charge in [0.2, 0.25) is 5.91 Å². The minimum atomic E-state index is 0.268. The Balaban J connectivity index is 2.09. The fraction of sp³-hybridized carbons (Fsp3) is 0.857. The molecule has 1 N–H and O–H groups in total. The van der Waals surface area contributed by atoms with Crippen molar-refractivity contribution in [1.82, 2.24) is 5.32 Å². The Morgan fingerprint density at radius 1 is 1.44 bits per heavy atom. The van der Waals surface area contributed by atoms with Crippen molar-refractivity contribution in [1.29, 1.82) is 0 Å². The van der Waals surface area contributed by atoms with Crippen molar-refractivity contribution in [2.24, 2.45) is 5.92 Å². The van der Waals surface area contributed by atoms with Crippen molar-refractivity contribution in [2.75, 3.05) is 0 Å². The normalized spacial score (nSPS) is 40.7. The van der Waals surface area contributed by atoms with Crippen LogP contribution in [0.3, 0.4) is 0 Å². The maximum Gasteiger partial charge on any atom is 0.220 e. The average Bonchev–Trinajstić information content (AvgIpc) is 2.22. The van der Waals surface area contributed by atoms with Crippen LogP contribution in [0.15, 0.2) is 0 Å². The van der Waals surface area contributed by atoms with Gasteiger partial charge >= 0.3 is 0 Å². The lowest BCUT2D eigenvalue weighted by molar-refractivity contribution is -0.119. The van der Waals surface area contributed by atoms with Crippen LogP contribution in [-0.4, -0.2) is 11.9 Å². The van der Waals surface area contributed by atoms with Gasteiger partial charge < -0.3 is 5.32 Å². The molecule has 2 heteroatoms. The summed E-state index contributed by atoms with van der Waals surface area (Å²) < 4.78 is 0. The first-order chi connectivity index (χ1) is 4.36. The summed E-state index contributed by atoms with van der Waals surface area (Å²) in [7, 11) is 0. The summed E-state index contributed by atoms with van der Waals surface area (Å²) in [6.07, 6.45) is 4.60. The van der Waals surface area contributed by atoms with Crippen LogP contribution >= 0.6 is 0 Å². The molecule has 1 aliphatic heterocycles. The number of hydrogen-bond acceptors (Lipinski definition) is 1. The molecule has 1 saturated carbocycles. The van der Waals surface area contributed by atoms with E-state index in [0.717, 1.165) is 6.42 Å². The third kappa shape index (κ3) is 0.732. The van der Waals surface area contributed by atoms with E-state index in [4.69, 9.17) is 0 Å². The highest BCUT2D eigenvalue weighted by molar-refractivity contribution is 5.79. The molecule has 2 fully saturated rings. The third-order valence-electron chi connectivity index (χ3n) is 2.45. The van der Waals surface area contributed by atoms with E-state index in [1.54, 1.807) is 0 Å². The van der Waals surface area contributed by atoms with Crippen molar-refractivity contribution in [3.05, 3.63) is 0 Å². The molecule has 1 aliphatic carbocycles. The van der Waals surface area contributed by atoms with Gasteiger partial charge in [0.05, 0.1) is 0 Å². The summed E-state index contributed by atoms with van der Waals surface area (Å²) in [6.45, 7) is 0. The minimum Gasteiger partial charge on any atom is -0.353 e. The van der Waals surface area contributed by atoms with E-state index in [0.29, 0.717) is 12.0 Å². The molecule has 1 amide bonds. The van der Waals surface area contributed by atoms with Crippen molar-refractivity contribution in [3.63, 3.8) is 0 Å². The Morgan fingerprint density at radius 2 is 2.33 bits per heavy atom. The molecule has 50 valence electrons. The molecule has 0 radical (unpaired) electrons. The molecule has 1 unspecified atom stereocenters. The number of carbonyl (C=O) groups excluding carboxylic acids is 1. The second kappa shape index (κ2) is 1.72. The van der Waals surface area contributed by atoms with Crippen LogP contribution in [0.1, 0.15) is 25.7 Å². The maximum atomic E-state index is 10.7. The zero-order chi connectivity index (χ0) is 6.27. The largest absolute Gasteiger partial charge is 0.353 e. The Hall–Kier alpha value is -0.530. The van der Waals surface area contributed by atoms with Crippen LogP contribution < -0.4 is 5.32 Å². The zero-order valence-electron chi connectivity index (χ0n) is 5.39. The van der Waals surface area contributed by atoms with Crippen LogP contribution in [-0.2, 0) is 4.79 Å². The summed E-state index contributed by atoms with van der Waals surface area (Å²) in [4.78, 5) is 10.7. The smallest absolute Gasteiger partial charge is 0.220 e. The molecule has 0 bridgehead atoms. The van der Waals surface area contributed by atoms with E-state index in [2.05, 4.69) is 5.32 Å². The lowest BCUT2D eigenvalue weighted by Gasteiger charge is -2.04. The third-order valence-corrected chi connectivity index (χ3v) is 2.45. The summed E-state index contributed by atoms with van der Waals surface area (Å²) in [5.74, 6) is 0.960. The quantitative estimate of drug-likeness (QED) is 0.506. The number of nitrogens with one attached hydrogen (secondary N) is 1. The Labute approximate surface area is 54.6 Å². The summed E-state index contributed by atoms with van der Waals surface area (Å²) in [5, 5.41) is 2.98. The standard InChI is InChI=1S/C7H11NO/c9-7-4-5-2-1-3-6(5)8-7/h5-6H,1-4H2,(H,8,9)/t5?,6-/m0/s1. The van der Waals surface area contributed by atoms with Gasteiger partial charge in [0.15, 0.2) is 0 Å². The molecule has 1 saturated heterocycles. The fourth-order valence-electron chi connectivity index (χ4n) is 1.98. The van der Waals surface area contributed by atoms with E-state index < -0.39 is 0 Å². The fourth-order valence-corrected chi connectivity index (χ4v) is 1.98. The first-order valence-corrected chi connectivity index (χ1v) is 3.65. The molecule has 2 aliphatic rings. The topological polar surface area (TPSA) is 29.1 Å². The van der Waals surface area contributed by atoms with Crippen LogP contribution in [0.4, 0.5) is 0 Å². The monoisotopic (exact) mass is 125 g/mol. The molecule has 2 nitrogen and oxygen atoms in total. The van der Waals surface area contributed by atoms with Gasteiger partial charge in [-0.2, -0.15) is 0 Å². The van der Waals surface area contributed by atoms with E-state index in [1.165, 1.54) is 19.3 Å². The van der Waals surface area contributed by atoms with Crippen LogP contribution in [0, 0.1) is 5.92 Å². The molecule has 0 spiro atoms.